The SMILES string of the molecule is C[C@@H](O)Cc1cc(C(F)(F)F)ccc1Cl. The summed E-state index contributed by atoms with van der Waals surface area (Å²) in [4.78, 5) is 0. The highest BCUT2D eigenvalue weighted by atomic mass is 35.5. The fraction of sp³-hybridized carbons (Fsp3) is 0.400. The molecule has 0 heterocycles. The number of aliphatic hydroxyl groups excluding tert-OH is 1. The van der Waals surface area contributed by atoms with Crippen LogP contribution in [0.25, 0.3) is 0 Å². The molecule has 0 saturated carbocycles. The normalized spacial score (nSPS) is 14.0. The molecular formula is C10H10ClF3O. The summed E-state index contributed by atoms with van der Waals surface area (Å²) < 4.78 is 37.0. The first kappa shape index (κ1) is 12.3. The molecule has 0 aliphatic heterocycles. The number of rotatable bonds is 2. The molecule has 0 aromatic heterocycles. The van der Waals surface area contributed by atoms with Gasteiger partial charge in [0.1, 0.15) is 0 Å². The van der Waals surface area contributed by atoms with E-state index in [0.717, 1.165) is 12.1 Å². The van der Waals surface area contributed by atoms with E-state index in [1.54, 1.807) is 0 Å². The summed E-state index contributed by atoms with van der Waals surface area (Å²) in [5.74, 6) is 0. The molecule has 5 heteroatoms. The first-order chi connectivity index (χ1) is 6.80. The molecule has 0 radical (unpaired) electrons. The van der Waals surface area contributed by atoms with Gasteiger partial charge in [-0.15, -0.1) is 0 Å². The van der Waals surface area contributed by atoms with Crippen LogP contribution in [0.2, 0.25) is 5.02 Å². The van der Waals surface area contributed by atoms with Crippen LogP contribution < -0.4 is 0 Å². The minimum atomic E-state index is -4.38. The molecule has 0 spiro atoms. The Morgan fingerprint density at radius 3 is 2.47 bits per heavy atom. The number of hydrogen-bond donors (Lipinski definition) is 1. The number of hydrogen-bond acceptors (Lipinski definition) is 1. The molecule has 1 nitrogen and oxygen atoms in total. The Balaban J connectivity index is 3.06. The van der Waals surface area contributed by atoms with E-state index in [1.807, 2.05) is 0 Å². The molecule has 15 heavy (non-hydrogen) atoms. The predicted octanol–water partition coefficient (Wildman–Crippen LogP) is 3.28. The summed E-state index contributed by atoms with van der Waals surface area (Å²) in [7, 11) is 0. The van der Waals surface area contributed by atoms with Gasteiger partial charge in [-0.05, 0) is 37.1 Å². The number of halogens is 4. The van der Waals surface area contributed by atoms with Crippen LogP contribution in [0.4, 0.5) is 13.2 Å². The number of aliphatic hydroxyl groups is 1. The van der Waals surface area contributed by atoms with Gasteiger partial charge in [-0.3, -0.25) is 0 Å². The van der Waals surface area contributed by atoms with Gasteiger partial charge < -0.3 is 5.11 Å². The van der Waals surface area contributed by atoms with Gasteiger partial charge in [0.05, 0.1) is 11.7 Å². The van der Waals surface area contributed by atoms with Crippen LogP contribution in [0, 0.1) is 0 Å². The summed E-state index contributed by atoms with van der Waals surface area (Å²) in [5.41, 5.74) is -0.441. The molecule has 84 valence electrons. The molecule has 0 unspecified atom stereocenters. The van der Waals surface area contributed by atoms with Crippen LogP contribution in [-0.2, 0) is 12.6 Å². The Kier molecular flexibility index (Phi) is 3.62. The summed E-state index contributed by atoms with van der Waals surface area (Å²) in [6.45, 7) is 1.50. The highest BCUT2D eigenvalue weighted by Gasteiger charge is 2.30. The van der Waals surface area contributed by atoms with Crippen LogP contribution in [0.3, 0.4) is 0 Å². The van der Waals surface area contributed by atoms with Gasteiger partial charge in [0.15, 0.2) is 0 Å². The first-order valence-corrected chi connectivity index (χ1v) is 4.72. The Labute approximate surface area is 90.5 Å². The molecule has 0 saturated heterocycles. The molecule has 1 rings (SSSR count). The van der Waals surface area contributed by atoms with E-state index in [9.17, 15) is 13.2 Å². The topological polar surface area (TPSA) is 20.2 Å². The molecule has 0 amide bonds. The predicted molar refractivity (Wildman–Crippen MR) is 51.8 cm³/mol. The largest absolute Gasteiger partial charge is 0.416 e. The maximum Gasteiger partial charge on any atom is 0.416 e. The average Bonchev–Trinajstić information content (AvgIpc) is 2.06. The third-order valence-electron chi connectivity index (χ3n) is 1.89. The van der Waals surface area contributed by atoms with Gasteiger partial charge in [-0.2, -0.15) is 13.2 Å². The van der Waals surface area contributed by atoms with Gasteiger partial charge in [0.2, 0.25) is 0 Å². The van der Waals surface area contributed by atoms with Gasteiger partial charge >= 0.3 is 6.18 Å². The third-order valence-corrected chi connectivity index (χ3v) is 2.26. The van der Waals surface area contributed by atoms with Crippen LogP contribution in [0.5, 0.6) is 0 Å². The Hall–Kier alpha value is -0.740. The summed E-state index contributed by atoms with van der Waals surface area (Å²) in [6, 6.07) is 3.09. The second kappa shape index (κ2) is 4.41. The van der Waals surface area contributed by atoms with Crippen LogP contribution in [-0.4, -0.2) is 11.2 Å². The van der Waals surface area contributed by atoms with Crippen LogP contribution in [0.15, 0.2) is 18.2 Å². The third kappa shape index (κ3) is 3.39. The lowest BCUT2D eigenvalue weighted by atomic mass is 10.1. The van der Waals surface area contributed by atoms with Gasteiger partial charge in [-0.25, -0.2) is 0 Å². The minimum Gasteiger partial charge on any atom is -0.393 e. The lowest BCUT2D eigenvalue weighted by molar-refractivity contribution is -0.137. The summed E-state index contributed by atoms with van der Waals surface area (Å²) >= 11 is 5.71. The van der Waals surface area contributed by atoms with E-state index < -0.39 is 17.8 Å². The van der Waals surface area contributed by atoms with Crippen molar-refractivity contribution in [3.8, 4) is 0 Å². The van der Waals surface area contributed by atoms with Gasteiger partial charge in [0.25, 0.3) is 0 Å². The average molecular weight is 239 g/mol. The summed E-state index contributed by atoms with van der Waals surface area (Å²) in [6.07, 6.45) is -4.98. The fourth-order valence-electron chi connectivity index (χ4n) is 1.23. The van der Waals surface area contributed by atoms with Crippen molar-refractivity contribution in [3.63, 3.8) is 0 Å². The molecule has 1 aromatic rings. The van der Waals surface area contributed by atoms with Crippen molar-refractivity contribution < 1.29 is 18.3 Å². The first-order valence-electron chi connectivity index (χ1n) is 4.34. The molecule has 1 atom stereocenters. The molecule has 1 N–H and O–H groups in total. The maximum atomic E-state index is 12.3. The molecule has 1 aromatic carbocycles. The zero-order chi connectivity index (χ0) is 11.6. The second-order valence-corrected chi connectivity index (χ2v) is 3.76. The Morgan fingerprint density at radius 2 is 2.00 bits per heavy atom. The minimum absolute atomic E-state index is 0.114. The van der Waals surface area contributed by atoms with E-state index in [2.05, 4.69) is 0 Å². The highest BCUT2D eigenvalue weighted by molar-refractivity contribution is 6.31. The van der Waals surface area contributed by atoms with Crippen molar-refractivity contribution in [1.82, 2.24) is 0 Å². The van der Waals surface area contributed by atoms with E-state index in [1.165, 1.54) is 13.0 Å². The highest BCUT2D eigenvalue weighted by Crippen LogP contribution is 2.32. The molecule has 0 bridgehead atoms. The Morgan fingerprint density at radius 1 is 1.40 bits per heavy atom. The Bertz CT molecular complexity index is 347. The van der Waals surface area contributed by atoms with E-state index >= 15 is 0 Å². The smallest absolute Gasteiger partial charge is 0.393 e. The van der Waals surface area contributed by atoms with Gasteiger partial charge in [0, 0.05) is 5.02 Å². The molecule has 0 aliphatic rings. The van der Waals surface area contributed by atoms with E-state index in [4.69, 9.17) is 16.7 Å². The fourth-order valence-corrected chi connectivity index (χ4v) is 1.42. The van der Waals surface area contributed by atoms with Gasteiger partial charge in [-0.1, -0.05) is 11.6 Å². The monoisotopic (exact) mass is 238 g/mol. The lowest BCUT2D eigenvalue weighted by Crippen LogP contribution is -2.09. The van der Waals surface area contributed by atoms with Crippen molar-refractivity contribution in [2.45, 2.75) is 25.6 Å². The van der Waals surface area contributed by atoms with Crippen molar-refractivity contribution in [3.05, 3.63) is 34.3 Å². The standard InChI is InChI=1S/C10H10ClF3O/c1-6(15)4-7-5-8(10(12,13)14)2-3-9(7)11/h2-3,5-6,15H,4H2,1H3/t6-/m1/s1. The summed E-state index contributed by atoms with van der Waals surface area (Å²) in [5, 5.41) is 9.32. The van der Waals surface area contributed by atoms with Crippen molar-refractivity contribution in [2.75, 3.05) is 0 Å². The van der Waals surface area contributed by atoms with Crippen molar-refractivity contribution in [1.29, 1.82) is 0 Å². The molecule has 0 fully saturated rings. The van der Waals surface area contributed by atoms with Crippen molar-refractivity contribution >= 4 is 11.6 Å². The molecular weight excluding hydrogens is 229 g/mol. The zero-order valence-corrected chi connectivity index (χ0v) is 8.73. The maximum absolute atomic E-state index is 12.3. The quantitative estimate of drug-likeness (QED) is 0.838. The lowest BCUT2D eigenvalue weighted by Gasteiger charge is -2.11. The van der Waals surface area contributed by atoms with Crippen molar-refractivity contribution in [2.24, 2.45) is 0 Å². The van der Waals surface area contributed by atoms with Crippen LogP contribution in [0.1, 0.15) is 18.1 Å². The van der Waals surface area contributed by atoms with Crippen LogP contribution >= 0.6 is 11.6 Å². The second-order valence-electron chi connectivity index (χ2n) is 3.36. The van der Waals surface area contributed by atoms with E-state index in [-0.39, 0.29) is 11.4 Å². The number of alkyl halides is 3. The molecule has 0 aliphatic carbocycles. The number of benzene rings is 1. The van der Waals surface area contributed by atoms with E-state index in [0.29, 0.717) is 5.56 Å². The zero-order valence-electron chi connectivity index (χ0n) is 7.98.